The molecule has 22 heavy (non-hydrogen) atoms. The van der Waals surface area contributed by atoms with Crippen LogP contribution in [0.15, 0.2) is 41.6 Å². The lowest BCUT2D eigenvalue weighted by Gasteiger charge is -2.18. The van der Waals surface area contributed by atoms with Crippen molar-refractivity contribution in [2.24, 2.45) is 5.10 Å². The summed E-state index contributed by atoms with van der Waals surface area (Å²) in [6.07, 6.45) is -2.92. The zero-order valence-electron chi connectivity index (χ0n) is 11.7. The van der Waals surface area contributed by atoms with Gasteiger partial charge in [-0.2, -0.15) is 23.3 Å². The van der Waals surface area contributed by atoms with Crippen molar-refractivity contribution in [2.75, 3.05) is 12.1 Å². The van der Waals surface area contributed by atoms with Crippen molar-refractivity contribution >= 4 is 12.5 Å². The van der Waals surface area contributed by atoms with E-state index in [0.717, 1.165) is 12.1 Å². The first-order valence-electron chi connectivity index (χ1n) is 6.21. The molecule has 0 atom stereocenters. The molecule has 0 fully saturated rings. The molecule has 5 nitrogen and oxygen atoms in total. The average molecular weight is 310 g/mol. The van der Waals surface area contributed by atoms with Crippen LogP contribution in [0.3, 0.4) is 0 Å². The number of benzene rings is 1. The van der Waals surface area contributed by atoms with Crippen LogP contribution in [0.2, 0.25) is 0 Å². The SMILES string of the molecule is C=NN(Cc1cccc(C(F)(F)F)c1)c1ccnc(OC)n1. The molecule has 0 N–H and O–H groups in total. The average Bonchev–Trinajstić information content (AvgIpc) is 2.52. The van der Waals surface area contributed by atoms with E-state index in [-0.39, 0.29) is 12.6 Å². The molecule has 0 aliphatic heterocycles. The lowest BCUT2D eigenvalue weighted by molar-refractivity contribution is -0.137. The van der Waals surface area contributed by atoms with Gasteiger partial charge in [0.1, 0.15) is 0 Å². The fourth-order valence-corrected chi connectivity index (χ4v) is 1.80. The highest BCUT2D eigenvalue weighted by Gasteiger charge is 2.30. The van der Waals surface area contributed by atoms with Gasteiger partial charge in [0.05, 0.1) is 19.2 Å². The second-order valence-electron chi connectivity index (χ2n) is 4.30. The summed E-state index contributed by atoms with van der Waals surface area (Å²) in [5, 5.41) is 5.14. The minimum absolute atomic E-state index is 0.0909. The summed E-state index contributed by atoms with van der Waals surface area (Å²) in [5.41, 5.74) is -0.283. The van der Waals surface area contributed by atoms with Crippen LogP contribution in [0, 0.1) is 0 Å². The van der Waals surface area contributed by atoms with Gasteiger partial charge in [-0.3, -0.25) is 0 Å². The molecule has 0 saturated heterocycles. The van der Waals surface area contributed by atoms with Crippen molar-refractivity contribution in [1.29, 1.82) is 0 Å². The largest absolute Gasteiger partial charge is 0.467 e. The highest BCUT2D eigenvalue weighted by Crippen LogP contribution is 2.30. The van der Waals surface area contributed by atoms with E-state index in [0.29, 0.717) is 11.4 Å². The van der Waals surface area contributed by atoms with E-state index in [4.69, 9.17) is 4.74 Å². The van der Waals surface area contributed by atoms with Gasteiger partial charge in [-0.25, -0.2) is 9.99 Å². The van der Waals surface area contributed by atoms with E-state index < -0.39 is 11.7 Å². The van der Waals surface area contributed by atoms with E-state index in [2.05, 4.69) is 21.8 Å². The summed E-state index contributed by atoms with van der Waals surface area (Å²) in [6, 6.07) is 6.70. The van der Waals surface area contributed by atoms with Crippen LogP contribution in [-0.2, 0) is 12.7 Å². The van der Waals surface area contributed by atoms with Crippen LogP contribution in [0.1, 0.15) is 11.1 Å². The first kappa shape index (κ1) is 15.7. The second-order valence-corrected chi connectivity index (χ2v) is 4.30. The molecular weight excluding hydrogens is 297 g/mol. The Morgan fingerprint density at radius 1 is 1.32 bits per heavy atom. The zero-order chi connectivity index (χ0) is 16.2. The predicted octanol–water partition coefficient (Wildman–Crippen LogP) is 3.13. The summed E-state index contributed by atoms with van der Waals surface area (Å²) >= 11 is 0. The fraction of sp³-hybridized carbons (Fsp3) is 0.214. The highest BCUT2D eigenvalue weighted by molar-refractivity contribution is 5.42. The smallest absolute Gasteiger partial charge is 0.416 e. The monoisotopic (exact) mass is 310 g/mol. The number of halogens is 3. The Morgan fingerprint density at radius 2 is 2.09 bits per heavy atom. The molecule has 0 spiro atoms. The Bertz CT molecular complexity index is 661. The molecule has 0 saturated carbocycles. The van der Waals surface area contributed by atoms with Crippen molar-refractivity contribution < 1.29 is 17.9 Å². The molecule has 0 amide bonds. The summed E-state index contributed by atoms with van der Waals surface area (Å²) in [4.78, 5) is 7.92. The van der Waals surface area contributed by atoms with Gasteiger partial charge in [-0.15, -0.1) is 0 Å². The Labute approximate surface area is 125 Å². The highest BCUT2D eigenvalue weighted by atomic mass is 19.4. The number of rotatable bonds is 5. The van der Waals surface area contributed by atoms with Gasteiger partial charge in [0.2, 0.25) is 0 Å². The van der Waals surface area contributed by atoms with Crippen molar-refractivity contribution in [3.05, 3.63) is 47.7 Å². The lowest BCUT2D eigenvalue weighted by Crippen LogP contribution is -2.17. The van der Waals surface area contributed by atoms with Crippen LogP contribution >= 0.6 is 0 Å². The number of hydrogen-bond donors (Lipinski definition) is 0. The maximum Gasteiger partial charge on any atom is 0.416 e. The molecule has 1 heterocycles. The number of aromatic nitrogens is 2. The van der Waals surface area contributed by atoms with Gasteiger partial charge in [-0.1, -0.05) is 12.1 Å². The maximum absolute atomic E-state index is 12.7. The van der Waals surface area contributed by atoms with E-state index in [1.807, 2.05) is 0 Å². The zero-order valence-corrected chi connectivity index (χ0v) is 11.7. The maximum atomic E-state index is 12.7. The number of hydrazone groups is 1. The molecule has 8 heteroatoms. The Hall–Kier alpha value is -2.64. The number of ether oxygens (including phenoxy) is 1. The van der Waals surface area contributed by atoms with Gasteiger partial charge in [-0.05, 0) is 17.7 Å². The van der Waals surface area contributed by atoms with Crippen LogP contribution in [0.5, 0.6) is 6.01 Å². The van der Waals surface area contributed by atoms with Crippen LogP contribution < -0.4 is 9.75 Å². The topological polar surface area (TPSA) is 50.6 Å². The summed E-state index contributed by atoms with van der Waals surface area (Å²) < 4.78 is 43.1. The minimum Gasteiger partial charge on any atom is -0.467 e. The second kappa shape index (κ2) is 6.42. The predicted molar refractivity (Wildman–Crippen MR) is 75.8 cm³/mol. The van der Waals surface area contributed by atoms with Crippen LogP contribution in [-0.4, -0.2) is 23.8 Å². The van der Waals surface area contributed by atoms with Crippen molar-refractivity contribution in [3.63, 3.8) is 0 Å². The number of methoxy groups -OCH3 is 1. The van der Waals surface area contributed by atoms with Gasteiger partial charge >= 0.3 is 12.2 Å². The Balaban J connectivity index is 2.25. The molecule has 2 aromatic rings. The summed E-state index contributed by atoms with van der Waals surface area (Å²) in [5.74, 6) is 0.374. The van der Waals surface area contributed by atoms with Gasteiger partial charge < -0.3 is 4.74 Å². The van der Waals surface area contributed by atoms with Gasteiger partial charge in [0.15, 0.2) is 5.82 Å². The molecule has 0 aliphatic rings. The molecule has 0 bridgehead atoms. The number of anilines is 1. The third-order valence-electron chi connectivity index (χ3n) is 2.82. The van der Waals surface area contributed by atoms with Crippen molar-refractivity contribution in [1.82, 2.24) is 9.97 Å². The Kier molecular flexibility index (Phi) is 4.59. The van der Waals surface area contributed by atoms with Crippen LogP contribution in [0.25, 0.3) is 0 Å². The molecule has 0 aliphatic carbocycles. The van der Waals surface area contributed by atoms with E-state index in [1.54, 1.807) is 12.1 Å². The van der Waals surface area contributed by atoms with Gasteiger partial charge in [0.25, 0.3) is 0 Å². The first-order chi connectivity index (χ1) is 10.4. The number of alkyl halides is 3. The number of nitrogens with zero attached hydrogens (tertiary/aromatic N) is 4. The quantitative estimate of drug-likeness (QED) is 0.629. The van der Waals surface area contributed by atoms with Crippen LogP contribution in [0.4, 0.5) is 19.0 Å². The fourth-order valence-electron chi connectivity index (χ4n) is 1.80. The standard InChI is InChI=1S/C14H13F3N4O/c1-18-21(12-6-7-19-13(20-12)22-2)9-10-4-3-5-11(8-10)14(15,16)17/h3-8H,1,9H2,2H3. The third-order valence-corrected chi connectivity index (χ3v) is 2.82. The molecular formula is C14H13F3N4O. The summed E-state index contributed by atoms with van der Waals surface area (Å²) in [6.45, 7) is 3.50. The lowest BCUT2D eigenvalue weighted by atomic mass is 10.1. The minimum atomic E-state index is -4.39. The van der Waals surface area contributed by atoms with E-state index in [9.17, 15) is 13.2 Å². The molecule has 116 valence electrons. The normalized spacial score (nSPS) is 11.1. The van der Waals surface area contributed by atoms with Crippen molar-refractivity contribution in [3.8, 4) is 6.01 Å². The third kappa shape index (κ3) is 3.72. The molecule has 0 radical (unpaired) electrons. The molecule has 2 rings (SSSR count). The Morgan fingerprint density at radius 3 is 2.73 bits per heavy atom. The van der Waals surface area contributed by atoms with Gasteiger partial charge in [0, 0.05) is 19.0 Å². The molecule has 1 aromatic heterocycles. The van der Waals surface area contributed by atoms with E-state index in [1.165, 1.54) is 24.4 Å². The number of hydrogen-bond acceptors (Lipinski definition) is 5. The van der Waals surface area contributed by atoms with E-state index >= 15 is 0 Å². The van der Waals surface area contributed by atoms with Crippen molar-refractivity contribution in [2.45, 2.75) is 12.7 Å². The summed E-state index contributed by atoms with van der Waals surface area (Å²) in [7, 11) is 1.41. The molecule has 0 unspecified atom stereocenters. The first-order valence-corrected chi connectivity index (χ1v) is 6.21. The molecule has 1 aromatic carbocycles.